The van der Waals surface area contributed by atoms with Crippen molar-refractivity contribution < 1.29 is 9.59 Å². The standard InChI is InChI=1S/C16H14N4O2/c17-9-11-1-5-13(6-2-11)19-10-15(21)20-14-7-3-12(4-8-14)16(18)22/h1-8,19H,10H2,(H2,18,22)(H,20,21). The molecular weight excluding hydrogens is 280 g/mol. The molecule has 0 radical (unpaired) electrons. The highest BCUT2D eigenvalue weighted by Crippen LogP contribution is 2.10. The summed E-state index contributed by atoms with van der Waals surface area (Å²) >= 11 is 0. The van der Waals surface area contributed by atoms with E-state index in [-0.39, 0.29) is 12.5 Å². The number of nitriles is 1. The van der Waals surface area contributed by atoms with Gasteiger partial charge in [0.2, 0.25) is 11.8 Å². The van der Waals surface area contributed by atoms with E-state index in [0.717, 1.165) is 5.69 Å². The lowest BCUT2D eigenvalue weighted by Gasteiger charge is -2.08. The molecule has 0 aliphatic carbocycles. The molecule has 2 aromatic carbocycles. The molecule has 0 saturated carbocycles. The number of hydrogen-bond donors (Lipinski definition) is 3. The van der Waals surface area contributed by atoms with Gasteiger partial charge in [0.15, 0.2) is 0 Å². The van der Waals surface area contributed by atoms with Gasteiger partial charge in [-0.3, -0.25) is 9.59 Å². The van der Waals surface area contributed by atoms with Crippen LogP contribution in [0.1, 0.15) is 15.9 Å². The van der Waals surface area contributed by atoms with Crippen molar-refractivity contribution in [2.45, 2.75) is 0 Å². The maximum absolute atomic E-state index is 11.8. The van der Waals surface area contributed by atoms with Gasteiger partial charge in [-0.05, 0) is 48.5 Å². The van der Waals surface area contributed by atoms with Gasteiger partial charge in [0.25, 0.3) is 0 Å². The number of benzene rings is 2. The highest BCUT2D eigenvalue weighted by Gasteiger charge is 2.04. The Morgan fingerprint density at radius 2 is 1.59 bits per heavy atom. The number of nitrogens with zero attached hydrogens (tertiary/aromatic N) is 1. The molecule has 0 atom stereocenters. The third-order valence-electron chi connectivity index (χ3n) is 2.92. The van der Waals surface area contributed by atoms with Crippen LogP contribution in [0, 0.1) is 11.3 Å². The minimum atomic E-state index is -0.514. The van der Waals surface area contributed by atoms with Crippen LogP contribution in [0.15, 0.2) is 48.5 Å². The van der Waals surface area contributed by atoms with Crippen molar-refractivity contribution >= 4 is 23.2 Å². The number of hydrogen-bond acceptors (Lipinski definition) is 4. The highest BCUT2D eigenvalue weighted by atomic mass is 16.2. The van der Waals surface area contributed by atoms with Gasteiger partial charge in [-0.25, -0.2) is 0 Å². The molecule has 6 nitrogen and oxygen atoms in total. The first-order valence-electron chi connectivity index (χ1n) is 6.52. The second kappa shape index (κ2) is 6.90. The number of amides is 2. The van der Waals surface area contributed by atoms with Crippen LogP contribution in [-0.4, -0.2) is 18.4 Å². The van der Waals surface area contributed by atoms with E-state index in [9.17, 15) is 9.59 Å². The maximum Gasteiger partial charge on any atom is 0.248 e. The van der Waals surface area contributed by atoms with Crippen LogP contribution in [-0.2, 0) is 4.79 Å². The summed E-state index contributed by atoms with van der Waals surface area (Å²) in [5.74, 6) is -0.739. The van der Waals surface area contributed by atoms with Crippen molar-refractivity contribution in [1.29, 1.82) is 5.26 Å². The van der Waals surface area contributed by atoms with Gasteiger partial charge in [-0.2, -0.15) is 5.26 Å². The number of carbonyl (C=O) groups excluding carboxylic acids is 2. The quantitative estimate of drug-likeness (QED) is 0.780. The molecule has 0 heterocycles. The minimum absolute atomic E-state index is 0.0868. The van der Waals surface area contributed by atoms with Crippen LogP contribution in [0.3, 0.4) is 0 Å². The summed E-state index contributed by atoms with van der Waals surface area (Å²) in [5, 5.41) is 14.3. The van der Waals surface area contributed by atoms with E-state index in [1.165, 1.54) is 0 Å². The van der Waals surface area contributed by atoms with Gasteiger partial charge in [0, 0.05) is 16.9 Å². The molecule has 0 aliphatic rings. The number of nitrogens with one attached hydrogen (secondary N) is 2. The van der Waals surface area contributed by atoms with Crippen LogP contribution >= 0.6 is 0 Å². The summed E-state index contributed by atoms with van der Waals surface area (Å²) in [5.41, 5.74) is 7.41. The molecule has 0 aromatic heterocycles. The summed E-state index contributed by atoms with van der Waals surface area (Å²) in [6.45, 7) is 0.0868. The number of rotatable bonds is 5. The third kappa shape index (κ3) is 4.08. The molecule has 110 valence electrons. The Morgan fingerprint density at radius 3 is 2.14 bits per heavy atom. The molecule has 0 spiro atoms. The number of carbonyl (C=O) groups is 2. The van der Waals surface area contributed by atoms with Crippen molar-refractivity contribution in [3.8, 4) is 6.07 Å². The SMILES string of the molecule is N#Cc1ccc(NCC(=O)Nc2ccc(C(N)=O)cc2)cc1. The molecule has 2 amide bonds. The predicted octanol–water partition coefficient (Wildman–Crippen LogP) is 1.71. The molecule has 2 aromatic rings. The molecule has 4 N–H and O–H groups in total. The lowest BCUT2D eigenvalue weighted by atomic mass is 10.2. The van der Waals surface area contributed by atoms with E-state index >= 15 is 0 Å². The Kier molecular flexibility index (Phi) is 4.73. The monoisotopic (exact) mass is 294 g/mol. The van der Waals surface area contributed by atoms with Crippen LogP contribution in [0.2, 0.25) is 0 Å². The van der Waals surface area contributed by atoms with Gasteiger partial charge in [-0.1, -0.05) is 0 Å². The van der Waals surface area contributed by atoms with Crippen LogP contribution in [0.4, 0.5) is 11.4 Å². The zero-order valence-electron chi connectivity index (χ0n) is 11.7. The lowest BCUT2D eigenvalue weighted by molar-refractivity contribution is -0.114. The summed E-state index contributed by atoms with van der Waals surface area (Å²) in [6, 6.07) is 15.1. The fourth-order valence-electron chi connectivity index (χ4n) is 1.77. The summed E-state index contributed by atoms with van der Waals surface area (Å²) in [7, 11) is 0. The van der Waals surface area contributed by atoms with Crippen molar-refractivity contribution in [3.05, 3.63) is 59.7 Å². The van der Waals surface area contributed by atoms with Gasteiger partial charge < -0.3 is 16.4 Å². The second-order valence-corrected chi connectivity index (χ2v) is 4.53. The van der Waals surface area contributed by atoms with Gasteiger partial charge in [0.1, 0.15) is 0 Å². The number of anilines is 2. The van der Waals surface area contributed by atoms with Crippen molar-refractivity contribution in [2.75, 3.05) is 17.2 Å². The molecule has 0 bridgehead atoms. The van der Waals surface area contributed by atoms with E-state index < -0.39 is 5.91 Å². The summed E-state index contributed by atoms with van der Waals surface area (Å²) < 4.78 is 0. The topological polar surface area (TPSA) is 108 Å². The molecular formula is C16H14N4O2. The summed E-state index contributed by atoms with van der Waals surface area (Å²) in [6.07, 6.45) is 0. The number of primary amides is 1. The summed E-state index contributed by atoms with van der Waals surface area (Å²) in [4.78, 5) is 22.8. The Labute approximate surface area is 127 Å². The Morgan fingerprint density at radius 1 is 1.00 bits per heavy atom. The normalized spacial score (nSPS) is 9.59. The van der Waals surface area contributed by atoms with E-state index in [1.807, 2.05) is 6.07 Å². The Hall–Kier alpha value is -3.33. The average Bonchev–Trinajstić information content (AvgIpc) is 2.54. The Bertz CT molecular complexity index is 715. The zero-order chi connectivity index (χ0) is 15.9. The molecule has 0 saturated heterocycles. The van der Waals surface area contributed by atoms with Crippen LogP contribution in [0.25, 0.3) is 0 Å². The third-order valence-corrected chi connectivity index (χ3v) is 2.92. The molecule has 6 heteroatoms. The van der Waals surface area contributed by atoms with Gasteiger partial charge in [0.05, 0.1) is 18.2 Å². The molecule has 22 heavy (non-hydrogen) atoms. The predicted molar refractivity (Wildman–Crippen MR) is 83.2 cm³/mol. The fraction of sp³-hybridized carbons (Fsp3) is 0.0625. The van der Waals surface area contributed by atoms with E-state index in [4.69, 9.17) is 11.0 Å². The van der Waals surface area contributed by atoms with Crippen molar-refractivity contribution in [2.24, 2.45) is 5.73 Å². The van der Waals surface area contributed by atoms with Crippen LogP contribution < -0.4 is 16.4 Å². The molecule has 0 aliphatic heterocycles. The van der Waals surface area contributed by atoms with Crippen LogP contribution in [0.5, 0.6) is 0 Å². The van der Waals surface area contributed by atoms with Crippen molar-refractivity contribution in [3.63, 3.8) is 0 Å². The first-order valence-corrected chi connectivity index (χ1v) is 6.52. The smallest absolute Gasteiger partial charge is 0.248 e. The first-order chi connectivity index (χ1) is 10.6. The lowest BCUT2D eigenvalue weighted by Crippen LogP contribution is -2.21. The second-order valence-electron chi connectivity index (χ2n) is 4.53. The number of nitrogens with two attached hydrogens (primary N) is 1. The minimum Gasteiger partial charge on any atom is -0.376 e. The Balaban J connectivity index is 1.87. The largest absolute Gasteiger partial charge is 0.376 e. The van der Waals surface area contributed by atoms with Gasteiger partial charge >= 0.3 is 0 Å². The zero-order valence-corrected chi connectivity index (χ0v) is 11.7. The van der Waals surface area contributed by atoms with E-state index in [0.29, 0.717) is 16.8 Å². The maximum atomic E-state index is 11.8. The average molecular weight is 294 g/mol. The van der Waals surface area contributed by atoms with E-state index in [2.05, 4.69) is 10.6 Å². The van der Waals surface area contributed by atoms with E-state index in [1.54, 1.807) is 48.5 Å². The van der Waals surface area contributed by atoms with Crippen molar-refractivity contribution in [1.82, 2.24) is 0 Å². The molecule has 2 rings (SSSR count). The first kappa shape index (κ1) is 15.1. The highest BCUT2D eigenvalue weighted by molar-refractivity contribution is 5.96. The molecule has 0 unspecified atom stereocenters. The molecule has 0 fully saturated rings. The van der Waals surface area contributed by atoms with Gasteiger partial charge in [-0.15, -0.1) is 0 Å². The fourth-order valence-corrected chi connectivity index (χ4v) is 1.77.